The van der Waals surface area contributed by atoms with E-state index in [1.807, 2.05) is 6.07 Å². The van der Waals surface area contributed by atoms with Gasteiger partial charge in [-0.25, -0.2) is 9.67 Å². The van der Waals surface area contributed by atoms with Crippen LogP contribution in [-0.4, -0.2) is 20.0 Å². The molecule has 0 radical (unpaired) electrons. The fraction of sp³-hybridized carbons (Fsp3) is 0.150. The first-order valence-electron chi connectivity index (χ1n) is 8.89. The van der Waals surface area contributed by atoms with Crippen molar-refractivity contribution in [2.45, 2.75) is 12.8 Å². The van der Waals surface area contributed by atoms with Crippen LogP contribution in [0.25, 0.3) is 22.3 Å². The van der Waals surface area contributed by atoms with Crippen LogP contribution in [0.1, 0.15) is 16.8 Å². The smallest absolute Gasteiger partial charge is 0.419 e. The molecule has 0 bridgehead atoms. The fourth-order valence-corrected chi connectivity index (χ4v) is 2.99. The normalized spacial score (nSPS) is 11.5. The number of benzene rings is 1. The number of pyridine rings is 2. The Balaban J connectivity index is 1.73. The summed E-state index contributed by atoms with van der Waals surface area (Å²) in [6, 6.07) is 9.89. The summed E-state index contributed by atoms with van der Waals surface area (Å²) >= 11 is 0. The van der Waals surface area contributed by atoms with Crippen molar-refractivity contribution < 1.29 is 22.6 Å². The van der Waals surface area contributed by atoms with Crippen molar-refractivity contribution in [3.05, 3.63) is 70.8 Å². The lowest BCUT2D eigenvalue weighted by Crippen LogP contribution is -2.23. The first-order chi connectivity index (χ1) is 14.8. The number of alkyl halides is 3. The van der Waals surface area contributed by atoms with Gasteiger partial charge < -0.3 is 9.94 Å². The van der Waals surface area contributed by atoms with Gasteiger partial charge in [0, 0.05) is 30.3 Å². The summed E-state index contributed by atoms with van der Waals surface area (Å²) in [7, 11) is 1.61. The van der Waals surface area contributed by atoms with Gasteiger partial charge in [0.05, 0.1) is 16.8 Å². The SMILES string of the molecule is Cn1nnc2c(C#N)nc(-c3ccc(OCc4cc[n+]([O-])cc4)c(C(F)(F)F)c3)cc21. The predicted octanol–water partition coefficient (Wildman–Crippen LogP) is 3.13. The van der Waals surface area contributed by atoms with Crippen molar-refractivity contribution in [2.75, 3.05) is 0 Å². The average molecular weight is 426 g/mol. The Hall–Kier alpha value is -4.20. The highest BCUT2D eigenvalue weighted by Crippen LogP contribution is 2.39. The number of aromatic nitrogens is 5. The lowest BCUT2D eigenvalue weighted by molar-refractivity contribution is -0.605. The minimum absolute atomic E-state index is 0.0332. The number of hydrogen-bond donors (Lipinski definition) is 0. The first kappa shape index (κ1) is 20.1. The highest BCUT2D eigenvalue weighted by molar-refractivity contribution is 5.83. The molecule has 11 heteroatoms. The van der Waals surface area contributed by atoms with E-state index in [9.17, 15) is 23.6 Å². The highest BCUT2D eigenvalue weighted by atomic mass is 19.4. The molecule has 3 aromatic heterocycles. The molecule has 0 saturated heterocycles. The van der Waals surface area contributed by atoms with E-state index in [1.54, 1.807) is 7.05 Å². The second-order valence-electron chi connectivity index (χ2n) is 6.61. The zero-order chi connectivity index (χ0) is 22.2. The molecule has 0 atom stereocenters. The van der Waals surface area contributed by atoms with Crippen molar-refractivity contribution in [3.8, 4) is 23.1 Å². The number of halogens is 3. The van der Waals surface area contributed by atoms with Crippen LogP contribution in [0.15, 0.2) is 48.8 Å². The van der Waals surface area contributed by atoms with Gasteiger partial charge >= 0.3 is 6.18 Å². The van der Waals surface area contributed by atoms with Crippen molar-refractivity contribution in [1.29, 1.82) is 5.26 Å². The first-order valence-corrected chi connectivity index (χ1v) is 8.89. The summed E-state index contributed by atoms with van der Waals surface area (Å²) < 4.78 is 48.5. The fourth-order valence-electron chi connectivity index (χ4n) is 2.99. The summed E-state index contributed by atoms with van der Waals surface area (Å²) in [5.74, 6) is -0.362. The van der Waals surface area contributed by atoms with Crippen LogP contribution < -0.4 is 9.47 Å². The van der Waals surface area contributed by atoms with E-state index >= 15 is 0 Å². The van der Waals surface area contributed by atoms with Crippen LogP contribution >= 0.6 is 0 Å². The van der Waals surface area contributed by atoms with Crippen molar-refractivity contribution in [2.24, 2.45) is 7.05 Å². The second kappa shape index (κ2) is 7.56. The standard InChI is InChI=1S/C20H13F3N6O2/c1-28-17-9-15(25-16(10-24)19(17)26-27-28)13-2-3-18(14(8-13)20(21,22)23)31-11-12-4-6-29(30)7-5-12/h2-9H,11H2,1H3. The number of nitriles is 1. The Kier molecular flexibility index (Phi) is 4.90. The number of fused-ring (bicyclic) bond motifs is 1. The number of hydrogen-bond acceptors (Lipinski definition) is 6. The molecule has 31 heavy (non-hydrogen) atoms. The molecule has 0 aliphatic rings. The van der Waals surface area contributed by atoms with E-state index in [4.69, 9.17) is 4.74 Å². The van der Waals surface area contributed by atoms with Crippen molar-refractivity contribution >= 4 is 11.0 Å². The third-order valence-electron chi connectivity index (χ3n) is 4.55. The maximum Gasteiger partial charge on any atom is 0.419 e. The summed E-state index contributed by atoms with van der Waals surface area (Å²) in [5, 5.41) is 28.1. The molecule has 4 aromatic rings. The summed E-state index contributed by atoms with van der Waals surface area (Å²) in [6.07, 6.45) is -2.22. The van der Waals surface area contributed by atoms with Crippen molar-refractivity contribution in [3.63, 3.8) is 0 Å². The Morgan fingerprint density at radius 3 is 2.61 bits per heavy atom. The number of nitrogens with zero attached hydrogens (tertiary/aromatic N) is 6. The quantitative estimate of drug-likeness (QED) is 0.367. The van der Waals surface area contributed by atoms with E-state index in [-0.39, 0.29) is 34.8 Å². The van der Waals surface area contributed by atoms with Gasteiger partial charge in [-0.3, -0.25) is 0 Å². The minimum atomic E-state index is -4.68. The lowest BCUT2D eigenvalue weighted by Gasteiger charge is -2.15. The summed E-state index contributed by atoms with van der Waals surface area (Å²) in [4.78, 5) is 4.14. The molecule has 0 saturated carbocycles. The van der Waals surface area contributed by atoms with E-state index in [2.05, 4.69) is 15.3 Å². The molecular weight excluding hydrogens is 413 g/mol. The topological polar surface area (TPSA) is 104 Å². The largest absolute Gasteiger partial charge is 0.619 e. The van der Waals surface area contributed by atoms with Gasteiger partial charge in [0.1, 0.15) is 23.9 Å². The maximum absolute atomic E-state index is 13.7. The zero-order valence-electron chi connectivity index (χ0n) is 16.0. The van der Waals surface area contributed by atoms with Gasteiger partial charge in [-0.2, -0.15) is 23.2 Å². The van der Waals surface area contributed by atoms with Crippen LogP contribution in [0.5, 0.6) is 5.75 Å². The molecule has 1 aromatic carbocycles. The molecule has 3 heterocycles. The predicted molar refractivity (Wildman–Crippen MR) is 101 cm³/mol. The number of aryl methyl sites for hydroxylation is 1. The van der Waals surface area contributed by atoms with Crippen LogP contribution in [0.4, 0.5) is 13.2 Å². The molecule has 8 nitrogen and oxygen atoms in total. The molecule has 0 spiro atoms. The lowest BCUT2D eigenvalue weighted by atomic mass is 10.0. The monoisotopic (exact) mass is 426 g/mol. The minimum Gasteiger partial charge on any atom is -0.619 e. The van der Waals surface area contributed by atoms with Gasteiger partial charge in [0.15, 0.2) is 18.1 Å². The maximum atomic E-state index is 13.7. The third-order valence-corrected chi connectivity index (χ3v) is 4.55. The highest BCUT2D eigenvalue weighted by Gasteiger charge is 2.35. The molecule has 0 amide bonds. The molecule has 0 aliphatic heterocycles. The third kappa shape index (κ3) is 3.95. The van der Waals surface area contributed by atoms with Gasteiger partial charge in [-0.05, 0) is 24.3 Å². The van der Waals surface area contributed by atoms with Crippen LogP contribution in [0.3, 0.4) is 0 Å². The Labute approximate surface area is 173 Å². The molecule has 4 rings (SSSR count). The van der Waals surface area contributed by atoms with Gasteiger partial charge in [-0.1, -0.05) is 5.21 Å². The molecule has 0 aliphatic carbocycles. The van der Waals surface area contributed by atoms with E-state index in [0.717, 1.165) is 6.07 Å². The van der Waals surface area contributed by atoms with Gasteiger partial charge in [0.25, 0.3) is 0 Å². The van der Waals surface area contributed by atoms with Gasteiger partial charge in [0.2, 0.25) is 0 Å². The number of rotatable bonds is 4. The molecular formula is C20H13F3N6O2. The Bertz CT molecular complexity index is 1310. The molecule has 156 valence electrons. The van der Waals surface area contributed by atoms with E-state index < -0.39 is 11.7 Å². The number of ether oxygens (including phenoxy) is 1. The van der Waals surface area contributed by atoms with Crippen molar-refractivity contribution in [1.82, 2.24) is 20.0 Å². The van der Waals surface area contributed by atoms with E-state index in [1.165, 1.54) is 47.4 Å². The van der Waals surface area contributed by atoms with Crippen LogP contribution in [0.2, 0.25) is 0 Å². The molecule has 0 fully saturated rings. The summed E-state index contributed by atoms with van der Waals surface area (Å²) in [6.45, 7) is -0.146. The van der Waals surface area contributed by atoms with Crippen LogP contribution in [-0.2, 0) is 19.8 Å². The van der Waals surface area contributed by atoms with Gasteiger partial charge in [-0.15, -0.1) is 5.10 Å². The van der Waals surface area contributed by atoms with Crippen LogP contribution in [0, 0.1) is 16.5 Å². The Morgan fingerprint density at radius 1 is 1.19 bits per heavy atom. The molecule has 0 unspecified atom stereocenters. The molecule has 0 N–H and O–H groups in total. The Morgan fingerprint density at radius 2 is 1.94 bits per heavy atom. The van der Waals surface area contributed by atoms with E-state index in [0.29, 0.717) is 15.8 Å². The second-order valence-corrected chi connectivity index (χ2v) is 6.61. The average Bonchev–Trinajstić information content (AvgIpc) is 3.13. The zero-order valence-corrected chi connectivity index (χ0v) is 16.0. The summed E-state index contributed by atoms with van der Waals surface area (Å²) in [5.41, 5.74) is 0.597.